The van der Waals surface area contributed by atoms with Gasteiger partial charge in [-0.3, -0.25) is 0 Å². The van der Waals surface area contributed by atoms with Crippen LogP contribution in [-0.2, 0) is 0 Å². The molecule has 0 unspecified atom stereocenters. The second-order valence-electron chi connectivity index (χ2n) is 4.11. The third-order valence-electron chi connectivity index (χ3n) is 2.57. The first-order valence-electron chi connectivity index (χ1n) is 5.71. The minimum Gasteiger partial charge on any atom is -0.236 e. The molecule has 0 atom stereocenters. The third-order valence-corrected chi connectivity index (χ3v) is 2.79. The molecule has 3 rings (SSSR count). The molecule has 0 aliphatic heterocycles. The molecule has 19 heavy (non-hydrogen) atoms. The van der Waals surface area contributed by atoms with Crippen LogP contribution < -0.4 is 0 Å². The SMILES string of the molecule is Cc1cc(Cl)cc(-c2nnn(-c3ccccn3)n2)c1. The lowest BCUT2D eigenvalue weighted by atomic mass is 10.1. The van der Waals surface area contributed by atoms with Gasteiger partial charge < -0.3 is 0 Å². The van der Waals surface area contributed by atoms with E-state index in [0.29, 0.717) is 16.7 Å². The molecule has 6 heteroatoms. The number of aromatic nitrogens is 5. The largest absolute Gasteiger partial charge is 0.236 e. The van der Waals surface area contributed by atoms with Crippen LogP contribution in [0.5, 0.6) is 0 Å². The Morgan fingerprint density at radius 1 is 1.16 bits per heavy atom. The molecule has 0 amide bonds. The van der Waals surface area contributed by atoms with Gasteiger partial charge in [-0.25, -0.2) is 4.98 Å². The minimum absolute atomic E-state index is 0.524. The van der Waals surface area contributed by atoms with Crippen molar-refractivity contribution in [3.8, 4) is 17.2 Å². The number of tetrazole rings is 1. The van der Waals surface area contributed by atoms with Crippen molar-refractivity contribution in [3.63, 3.8) is 0 Å². The van der Waals surface area contributed by atoms with E-state index < -0.39 is 0 Å². The van der Waals surface area contributed by atoms with Crippen LogP contribution in [0.25, 0.3) is 17.2 Å². The topological polar surface area (TPSA) is 56.5 Å². The minimum atomic E-state index is 0.524. The van der Waals surface area contributed by atoms with Crippen molar-refractivity contribution >= 4 is 11.6 Å². The Morgan fingerprint density at radius 3 is 2.79 bits per heavy atom. The molecule has 0 N–H and O–H groups in total. The van der Waals surface area contributed by atoms with Gasteiger partial charge in [0.2, 0.25) is 5.82 Å². The van der Waals surface area contributed by atoms with Gasteiger partial charge in [0.25, 0.3) is 0 Å². The second kappa shape index (κ2) is 4.78. The normalized spacial score (nSPS) is 10.6. The molecule has 3 aromatic rings. The Balaban J connectivity index is 2.02. The summed E-state index contributed by atoms with van der Waals surface area (Å²) in [6, 6.07) is 11.2. The fourth-order valence-corrected chi connectivity index (χ4v) is 2.05. The summed E-state index contributed by atoms with van der Waals surface area (Å²) in [5.41, 5.74) is 1.89. The number of rotatable bonds is 2. The number of hydrogen-bond donors (Lipinski definition) is 0. The summed E-state index contributed by atoms with van der Waals surface area (Å²) in [4.78, 5) is 5.56. The molecule has 0 aliphatic carbocycles. The lowest BCUT2D eigenvalue weighted by Gasteiger charge is -1.99. The smallest absolute Gasteiger partial charge is 0.205 e. The van der Waals surface area contributed by atoms with E-state index in [1.807, 2.05) is 43.3 Å². The van der Waals surface area contributed by atoms with Gasteiger partial charge in [-0.15, -0.1) is 15.0 Å². The molecular weight excluding hydrogens is 262 g/mol. The molecule has 2 aromatic heterocycles. The average molecular weight is 272 g/mol. The van der Waals surface area contributed by atoms with Gasteiger partial charge in [0.15, 0.2) is 5.82 Å². The van der Waals surface area contributed by atoms with Crippen LogP contribution in [0.4, 0.5) is 0 Å². The van der Waals surface area contributed by atoms with Crippen molar-refractivity contribution in [2.75, 3.05) is 0 Å². The van der Waals surface area contributed by atoms with Crippen molar-refractivity contribution in [1.29, 1.82) is 0 Å². The Hall–Kier alpha value is -2.27. The number of nitrogens with zero attached hydrogens (tertiary/aromatic N) is 5. The van der Waals surface area contributed by atoms with Crippen LogP contribution in [0, 0.1) is 6.92 Å². The monoisotopic (exact) mass is 271 g/mol. The summed E-state index contributed by atoms with van der Waals surface area (Å²) in [5, 5.41) is 13.0. The Kier molecular flexibility index (Phi) is 2.97. The zero-order chi connectivity index (χ0) is 13.2. The average Bonchev–Trinajstić information content (AvgIpc) is 2.88. The maximum Gasteiger partial charge on any atom is 0.205 e. The summed E-state index contributed by atoms with van der Waals surface area (Å²) < 4.78 is 0. The van der Waals surface area contributed by atoms with E-state index in [1.54, 1.807) is 6.20 Å². The molecule has 0 bridgehead atoms. The molecule has 94 valence electrons. The predicted octanol–water partition coefficient (Wildman–Crippen LogP) is 2.69. The fraction of sp³-hybridized carbons (Fsp3) is 0.0769. The van der Waals surface area contributed by atoms with Gasteiger partial charge in [0.1, 0.15) is 0 Å². The van der Waals surface area contributed by atoms with Crippen LogP contribution in [0.15, 0.2) is 42.6 Å². The van der Waals surface area contributed by atoms with Gasteiger partial charge in [0.05, 0.1) is 0 Å². The highest BCUT2D eigenvalue weighted by Gasteiger charge is 2.08. The number of halogens is 1. The zero-order valence-corrected chi connectivity index (χ0v) is 10.9. The predicted molar refractivity (Wildman–Crippen MR) is 72.1 cm³/mol. The number of pyridine rings is 1. The van der Waals surface area contributed by atoms with Gasteiger partial charge in [-0.2, -0.15) is 0 Å². The summed E-state index contributed by atoms with van der Waals surface area (Å²) in [6.45, 7) is 1.97. The van der Waals surface area contributed by atoms with Gasteiger partial charge in [-0.1, -0.05) is 17.7 Å². The number of aryl methyl sites for hydroxylation is 1. The molecule has 1 aromatic carbocycles. The molecule has 5 nitrogen and oxygen atoms in total. The van der Waals surface area contributed by atoms with E-state index in [1.165, 1.54) is 4.80 Å². The van der Waals surface area contributed by atoms with Crippen molar-refractivity contribution in [2.45, 2.75) is 6.92 Å². The Bertz CT molecular complexity index is 688. The van der Waals surface area contributed by atoms with Crippen LogP contribution in [-0.4, -0.2) is 25.2 Å². The first-order valence-corrected chi connectivity index (χ1v) is 6.09. The molecule has 0 saturated heterocycles. The third kappa shape index (κ3) is 2.46. The standard InChI is InChI=1S/C13H10ClN5/c1-9-6-10(8-11(14)7-9)13-16-18-19(17-13)12-4-2-3-5-15-12/h2-8H,1H3. The highest BCUT2D eigenvalue weighted by Crippen LogP contribution is 2.21. The van der Waals surface area contributed by atoms with Gasteiger partial charge in [0, 0.05) is 16.8 Å². The van der Waals surface area contributed by atoms with E-state index in [4.69, 9.17) is 11.6 Å². The highest BCUT2D eigenvalue weighted by atomic mass is 35.5. The molecule has 0 spiro atoms. The number of hydrogen-bond acceptors (Lipinski definition) is 4. The second-order valence-corrected chi connectivity index (χ2v) is 4.54. The van der Waals surface area contributed by atoms with E-state index in [2.05, 4.69) is 20.4 Å². The first kappa shape index (κ1) is 11.8. The van der Waals surface area contributed by atoms with Crippen LogP contribution in [0.1, 0.15) is 5.56 Å². The Morgan fingerprint density at radius 2 is 2.05 bits per heavy atom. The molecule has 0 saturated carbocycles. The summed E-state index contributed by atoms with van der Waals surface area (Å²) in [6.07, 6.45) is 1.68. The first-order chi connectivity index (χ1) is 9.22. The maximum atomic E-state index is 6.03. The maximum absolute atomic E-state index is 6.03. The Labute approximate surface area is 114 Å². The molecule has 0 radical (unpaired) electrons. The van der Waals surface area contributed by atoms with Gasteiger partial charge in [-0.05, 0) is 48.0 Å². The molecule has 0 fully saturated rings. The fourth-order valence-electron chi connectivity index (χ4n) is 1.76. The summed E-state index contributed by atoms with van der Waals surface area (Å²) in [5.74, 6) is 1.15. The van der Waals surface area contributed by atoms with Gasteiger partial charge >= 0.3 is 0 Å². The molecule has 0 aliphatic rings. The molecule has 2 heterocycles. The van der Waals surface area contributed by atoms with Crippen molar-refractivity contribution < 1.29 is 0 Å². The lowest BCUT2D eigenvalue weighted by molar-refractivity contribution is 0.701. The number of benzene rings is 1. The van der Waals surface area contributed by atoms with E-state index in [0.717, 1.165) is 11.1 Å². The van der Waals surface area contributed by atoms with Crippen LogP contribution in [0.2, 0.25) is 5.02 Å². The summed E-state index contributed by atoms with van der Waals surface area (Å²) in [7, 11) is 0. The molecular formula is C13H10ClN5. The highest BCUT2D eigenvalue weighted by molar-refractivity contribution is 6.30. The van der Waals surface area contributed by atoms with Crippen LogP contribution >= 0.6 is 11.6 Å². The van der Waals surface area contributed by atoms with E-state index >= 15 is 0 Å². The van der Waals surface area contributed by atoms with Crippen molar-refractivity contribution in [2.24, 2.45) is 0 Å². The zero-order valence-electron chi connectivity index (χ0n) is 10.2. The van der Waals surface area contributed by atoms with Crippen molar-refractivity contribution in [1.82, 2.24) is 25.2 Å². The lowest BCUT2D eigenvalue weighted by Crippen LogP contribution is -2.00. The van der Waals surface area contributed by atoms with Crippen molar-refractivity contribution in [3.05, 3.63) is 53.2 Å². The van der Waals surface area contributed by atoms with E-state index in [-0.39, 0.29) is 0 Å². The summed E-state index contributed by atoms with van der Waals surface area (Å²) >= 11 is 6.03. The van der Waals surface area contributed by atoms with Crippen LogP contribution in [0.3, 0.4) is 0 Å². The quantitative estimate of drug-likeness (QED) is 0.719. The van der Waals surface area contributed by atoms with E-state index in [9.17, 15) is 0 Å².